The van der Waals surface area contributed by atoms with Crippen molar-refractivity contribution in [1.29, 1.82) is 0 Å². The lowest BCUT2D eigenvalue weighted by atomic mass is 10.0. The zero-order chi connectivity index (χ0) is 21.9. The fourth-order valence-corrected chi connectivity index (χ4v) is 3.64. The number of unbranched alkanes of at least 4 members (excludes halogenated alkanes) is 1. The monoisotopic (exact) mass is 440 g/mol. The summed E-state index contributed by atoms with van der Waals surface area (Å²) >= 11 is 6.23. The molecule has 6 heteroatoms. The summed E-state index contributed by atoms with van der Waals surface area (Å²) in [5.41, 5.74) is 2.12. The van der Waals surface area contributed by atoms with E-state index in [2.05, 4.69) is 22.3 Å². The number of aryl methyl sites for hydroxylation is 1. The van der Waals surface area contributed by atoms with Crippen molar-refractivity contribution in [3.05, 3.63) is 65.1 Å². The summed E-state index contributed by atoms with van der Waals surface area (Å²) in [5.74, 6) is 2.01. The van der Waals surface area contributed by atoms with Gasteiger partial charge in [0.25, 0.3) is 0 Å². The molecule has 1 aliphatic carbocycles. The first-order valence-electron chi connectivity index (χ1n) is 10.9. The highest BCUT2D eigenvalue weighted by molar-refractivity contribution is 6.31. The molecule has 5 nitrogen and oxygen atoms in total. The van der Waals surface area contributed by atoms with Gasteiger partial charge in [-0.15, -0.1) is 0 Å². The Labute approximate surface area is 188 Å². The van der Waals surface area contributed by atoms with Gasteiger partial charge < -0.3 is 9.26 Å². The van der Waals surface area contributed by atoms with Gasteiger partial charge in [-0.1, -0.05) is 34.5 Å². The van der Waals surface area contributed by atoms with Crippen LogP contribution < -0.4 is 4.74 Å². The number of carbonyl (C=O) groups excluding carboxylic acids is 1. The van der Waals surface area contributed by atoms with Crippen LogP contribution in [0, 0.1) is 0 Å². The van der Waals surface area contributed by atoms with Crippen molar-refractivity contribution in [3.8, 4) is 17.1 Å². The summed E-state index contributed by atoms with van der Waals surface area (Å²) in [6.45, 7) is 0. The Kier molecular flexibility index (Phi) is 9.10. The number of allylic oxidation sites excluding steroid dienone is 6. The van der Waals surface area contributed by atoms with Gasteiger partial charge in [0.2, 0.25) is 11.7 Å². The summed E-state index contributed by atoms with van der Waals surface area (Å²) in [6, 6.07) is 7.46. The Morgan fingerprint density at radius 2 is 1.97 bits per heavy atom. The van der Waals surface area contributed by atoms with Gasteiger partial charge in [0.05, 0.1) is 7.11 Å². The topological polar surface area (TPSA) is 65.2 Å². The average Bonchev–Trinajstić information content (AvgIpc) is 3.29. The number of Topliss-reactive ketones (excluding diaryl/α,β-unsaturated/α-hetero) is 1. The van der Waals surface area contributed by atoms with E-state index in [0.29, 0.717) is 31.0 Å². The smallest absolute Gasteiger partial charge is 0.227 e. The molecule has 0 amide bonds. The second kappa shape index (κ2) is 12.3. The maximum absolute atomic E-state index is 12.3. The van der Waals surface area contributed by atoms with Gasteiger partial charge >= 0.3 is 0 Å². The molecule has 1 aromatic carbocycles. The van der Waals surface area contributed by atoms with E-state index in [0.717, 1.165) is 54.9 Å². The van der Waals surface area contributed by atoms with Gasteiger partial charge in [0.15, 0.2) is 0 Å². The molecule has 1 aromatic heterocycles. The van der Waals surface area contributed by atoms with Gasteiger partial charge in [-0.3, -0.25) is 4.79 Å². The van der Waals surface area contributed by atoms with Gasteiger partial charge in [-0.25, -0.2) is 0 Å². The molecule has 0 saturated carbocycles. The van der Waals surface area contributed by atoms with Crippen molar-refractivity contribution < 1.29 is 14.1 Å². The van der Waals surface area contributed by atoms with Crippen LogP contribution in [0.1, 0.15) is 57.3 Å². The van der Waals surface area contributed by atoms with Crippen LogP contribution in [0.5, 0.6) is 5.75 Å². The highest BCUT2D eigenvalue weighted by atomic mass is 35.5. The molecule has 0 bridgehead atoms. The van der Waals surface area contributed by atoms with Gasteiger partial charge in [-0.05, 0) is 74.9 Å². The van der Waals surface area contributed by atoms with Crippen LogP contribution in [0.2, 0.25) is 0 Å². The van der Waals surface area contributed by atoms with Crippen LogP contribution in [0.25, 0.3) is 11.4 Å². The van der Waals surface area contributed by atoms with Gasteiger partial charge in [-0.2, -0.15) is 4.98 Å². The summed E-state index contributed by atoms with van der Waals surface area (Å²) in [4.78, 5) is 16.6. The number of ether oxygens (including phenoxy) is 1. The van der Waals surface area contributed by atoms with Crippen LogP contribution in [0.3, 0.4) is 0 Å². The minimum atomic E-state index is 0.226. The molecule has 0 fully saturated rings. The minimum Gasteiger partial charge on any atom is -0.497 e. The molecular weight excluding hydrogens is 412 g/mol. The highest BCUT2D eigenvalue weighted by Crippen LogP contribution is 2.21. The summed E-state index contributed by atoms with van der Waals surface area (Å²) in [7, 11) is 1.62. The first-order valence-corrected chi connectivity index (χ1v) is 11.2. The Balaban J connectivity index is 1.38. The number of nitrogens with zero attached hydrogens (tertiary/aromatic N) is 2. The zero-order valence-electron chi connectivity index (χ0n) is 18.0. The lowest BCUT2D eigenvalue weighted by Gasteiger charge is -2.04. The molecule has 2 aromatic rings. The van der Waals surface area contributed by atoms with E-state index in [4.69, 9.17) is 20.9 Å². The van der Waals surface area contributed by atoms with E-state index in [-0.39, 0.29) is 5.78 Å². The van der Waals surface area contributed by atoms with Crippen LogP contribution in [-0.4, -0.2) is 23.0 Å². The number of benzene rings is 1. The first-order chi connectivity index (χ1) is 15.1. The number of ketones is 1. The Bertz CT molecular complexity index is 942. The number of carbonyl (C=O) groups is 1. The number of hydrogen-bond acceptors (Lipinski definition) is 5. The van der Waals surface area contributed by atoms with E-state index in [1.165, 1.54) is 5.57 Å². The lowest BCUT2D eigenvalue weighted by Crippen LogP contribution is -2.00. The molecule has 31 heavy (non-hydrogen) atoms. The third-order valence-electron chi connectivity index (χ3n) is 5.19. The molecule has 0 spiro atoms. The van der Waals surface area contributed by atoms with Crippen molar-refractivity contribution in [2.45, 2.75) is 57.8 Å². The SMILES string of the molecule is COc1ccc(-c2noc(CCC(=O)CCCCC3=CCCC/C=C/C(Cl)=C3)n2)cc1. The highest BCUT2D eigenvalue weighted by Gasteiger charge is 2.11. The van der Waals surface area contributed by atoms with E-state index in [1.54, 1.807) is 7.11 Å². The predicted octanol–water partition coefficient (Wildman–Crippen LogP) is 6.60. The molecule has 0 saturated heterocycles. The van der Waals surface area contributed by atoms with Crippen LogP contribution in [0.4, 0.5) is 0 Å². The largest absolute Gasteiger partial charge is 0.497 e. The van der Waals surface area contributed by atoms with Crippen molar-refractivity contribution in [2.24, 2.45) is 0 Å². The summed E-state index contributed by atoms with van der Waals surface area (Å²) < 4.78 is 10.5. The molecule has 164 valence electrons. The van der Waals surface area contributed by atoms with Crippen LogP contribution in [0.15, 0.2) is 63.7 Å². The minimum absolute atomic E-state index is 0.226. The van der Waals surface area contributed by atoms with Crippen molar-refractivity contribution in [2.75, 3.05) is 7.11 Å². The third kappa shape index (κ3) is 7.83. The third-order valence-corrected chi connectivity index (χ3v) is 5.42. The molecule has 1 heterocycles. The van der Waals surface area contributed by atoms with Crippen molar-refractivity contribution in [3.63, 3.8) is 0 Å². The van der Waals surface area contributed by atoms with Crippen LogP contribution in [-0.2, 0) is 11.2 Å². The fraction of sp³-hybridized carbons (Fsp3) is 0.400. The lowest BCUT2D eigenvalue weighted by molar-refractivity contribution is -0.119. The van der Waals surface area contributed by atoms with Gasteiger partial charge in [0, 0.05) is 29.9 Å². The molecule has 0 N–H and O–H groups in total. The molecule has 0 aliphatic heterocycles. The zero-order valence-corrected chi connectivity index (χ0v) is 18.7. The molecule has 3 rings (SSSR count). The van der Waals surface area contributed by atoms with Crippen molar-refractivity contribution in [1.82, 2.24) is 10.1 Å². The normalized spacial score (nSPS) is 15.3. The molecule has 0 atom stereocenters. The van der Waals surface area contributed by atoms with E-state index < -0.39 is 0 Å². The molecule has 1 aliphatic rings. The number of hydrogen-bond donors (Lipinski definition) is 0. The standard InChI is InChI=1S/C25H29ClN2O3/c1-30-23-15-12-20(13-16-23)25-27-24(31-28-25)17-14-22(29)11-7-6-9-19-8-4-2-3-5-10-21(26)18-19/h5,8,10,12-13,15-16,18H,2-4,6-7,9,11,14,17H2,1H3/b10-5+,19-8?,21-18?. The quantitative estimate of drug-likeness (QED) is 0.389. The Morgan fingerprint density at radius 3 is 2.77 bits per heavy atom. The number of halogens is 1. The Morgan fingerprint density at radius 1 is 1.13 bits per heavy atom. The maximum atomic E-state index is 12.3. The first kappa shape index (κ1) is 23.0. The van der Waals surface area contributed by atoms with E-state index in [9.17, 15) is 4.79 Å². The summed E-state index contributed by atoms with van der Waals surface area (Å²) in [5, 5.41) is 4.78. The second-order valence-corrected chi connectivity index (χ2v) is 8.06. The molecule has 0 unspecified atom stereocenters. The molecule has 0 radical (unpaired) electrons. The van der Waals surface area contributed by atoms with Crippen molar-refractivity contribution >= 4 is 17.4 Å². The fourth-order valence-electron chi connectivity index (χ4n) is 3.41. The number of methoxy groups -OCH3 is 1. The second-order valence-electron chi connectivity index (χ2n) is 7.63. The van der Waals surface area contributed by atoms with Gasteiger partial charge in [0.1, 0.15) is 11.5 Å². The Hall–Kier alpha value is -2.66. The predicted molar refractivity (Wildman–Crippen MR) is 123 cm³/mol. The van der Waals surface area contributed by atoms with E-state index >= 15 is 0 Å². The number of aromatic nitrogens is 2. The molecular formula is C25H29ClN2O3. The average molecular weight is 441 g/mol. The summed E-state index contributed by atoms with van der Waals surface area (Å²) in [6.07, 6.45) is 16.0. The van der Waals surface area contributed by atoms with E-state index in [1.807, 2.05) is 36.4 Å². The maximum Gasteiger partial charge on any atom is 0.227 e. The van der Waals surface area contributed by atoms with Crippen LogP contribution >= 0.6 is 11.6 Å². The number of rotatable bonds is 10.